The molecule has 1 aromatic heterocycles. The van der Waals surface area contributed by atoms with Crippen molar-refractivity contribution >= 4 is 17.5 Å². The van der Waals surface area contributed by atoms with Gasteiger partial charge in [0.25, 0.3) is 0 Å². The number of amides is 1. The molecule has 6 rings (SSSR count). The summed E-state index contributed by atoms with van der Waals surface area (Å²) >= 11 is 0. The Hall–Kier alpha value is -3.52. The second-order valence-corrected chi connectivity index (χ2v) is 9.83. The molecule has 0 spiro atoms. The van der Waals surface area contributed by atoms with Crippen molar-refractivity contribution in [2.75, 3.05) is 18.0 Å². The number of piperidine rings is 1. The van der Waals surface area contributed by atoms with Gasteiger partial charge < -0.3 is 24.3 Å². The van der Waals surface area contributed by atoms with E-state index in [4.69, 9.17) is 9.47 Å². The van der Waals surface area contributed by atoms with E-state index in [9.17, 15) is 4.79 Å². The highest BCUT2D eigenvalue weighted by molar-refractivity contribution is 5.80. The van der Waals surface area contributed by atoms with Crippen molar-refractivity contribution in [1.29, 1.82) is 0 Å². The SMILES string of the molecule is CCN(CC)C(=O)Oc1ccc2c(c1)Oc1ccccc1N2C1CC2CCC(C1)N2Cc1ncc[nH]1. The number of ether oxygens (including phenoxy) is 2. The van der Waals surface area contributed by atoms with Crippen LogP contribution in [0.2, 0.25) is 0 Å². The topological polar surface area (TPSA) is 73.9 Å². The molecule has 0 saturated carbocycles. The van der Waals surface area contributed by atoms with Crippen LogP contribution in [0.4, 0.5) is 16.2 Å². The molecule has 3 aliphatic heterocycles. The molecular formula is C28H33N5O3. The summed E-state index contributed by atoms with van der Waals surface area (Å²) in [5.74, 6) is 3.10. The molecule has 2 fully saturated rings. The summed E-state index contributed by atoms with van der Waals surface area (Å²) in [7, 11) is 0. The number of rotatable bonds is 6. The number of fused-ring (bicyclic) bond motifs is 4. The van der Waals surface area contributed by atoms with E-state index in [1.807, 2.05) is 56.6 Å². The Morgan fingerprint density at radius 3 is 2.53 bits per heavy atom. The number of carbonyl (C=O) groups is 1. The molecule has 3 aliphatic rings. The zero-order valence-corrected chi connectivity index (χ0v) is 20.9. The first-order valence-corrected chi connectivity index (χ1v) is 13.1. The van der Waals surface area contributed by atoms with Crippen LogP contribution in [-0.4, -0.2) is 57.1 Å². The minimum atomic E-state index is -0.339. The van der Waals surface area contributed by atoms with Crippen molar-refractivity contribution in [2.24, 2.45) is 0 Å². The van der Waals surface area contributed by atoms with E-state index in [2.05, 4.69) is 31.9 Å². The van der Waals surface area contributed by atoms with Crippen LogP contribution in [0, 0.1) is 0 Å². The normalized spacial score (nSPS) is 22.5. The third-order valence-electron chi connectivity index (χ3n) is 7.87. The van der Waals surface area contributed by atoms with Crippen molar-refractivity contribution in [1.82, 2.24) is 19.8 Å². The van der Waals surface area contributed by atoms with Gasteiger partial charge in [-0.15, -0.1) is 0 Å². The molecule has 2 unspecified atom stereocenters. The highest BCUT2D eigenvalue weighted by Gasteiger charge is 2.44. The van der Waals surface area contributed by atoms with Crippen molar-refractivity contribution in [3.63, 3.8) is 0 Å². The summed E-state index contributed by atoms with van der Waals surface area (Å²) < 4.78 is 12.0. The third kappa shape index (κ3) is 4.09. The fraction of sp³-hybridized carbons (Fsp3) is 0.429. The average Bonchev–Trinajstić information content (AvgIpc) is 3.48. The number of nitrogens with one attached hydrogen (secondary N) is 1. The van der Waals surface area contributed by atoms with E-state index in [0.717, 1.165) is 48.1 Å². The second-order valence-electron chi connectivity index (χ2n) is 9.83. The fourth-order valence-corrected chi connectivity index (χ4v) is 6.14. The summed E-state index contributed by atoms with van der Waals surface area (Å²) in [6.45, 7) is 6.00. The van der Waals surface area contributed by atoms with Crippen molar-refractivity contribution < 1.29 is 14.3 Å². The van der Waals surface area contributed by atoms with Crippen LogP contribution in [0.3, 0.4) is 0 Å². The van der Waals surface area contributed by atoms with E-state index >= 15 is 0 Å². The summed E-state index contributed by atoms with van der Waals surface area (Å²) in [5.41, 5.74) is 2.13. The number of aromatic amines is 1. The number of para-hydroxylation sites is 2. The standard InChI is InChI=1S/C28H33N5O3/c1-3-31(4-2)28(34)35-22-11-12-24-26(17-22)36-25-8-6-5-7-23(25)33(24)21-15-19-9-10-20(16-21)32(19)18-27-29-13-14-30-27/h5-8,11-14,17,19-21H,3-4,9-10,15-16,18H2,1-2H3,(H,29,30). The molecule has 3 aromatic rings. The fourth-order valence-electron chi connectivity index (χ4n) is 6.14. The smallest absolute Gasteiger partial charge is 0.415 e. The third-order valence-corrected chi connectivity index (χ3v) is 7.87. The van der Waals surface area contributed by atoms with Gasteiger partial charge in [0.15, 0.2) is 11.5 Å². The molecule has 0 aliphatic carbocycles. The van der Waals surface area contributed by atoms with Gasteiger partial charge in [-0.25, -0.2) is 9.78 Å². The van der Waals surface area contributed by atoms with Crippen LogP contribution < -0.4 is 14.4 Å². The van der Waals surface area contributed by atoms with Gasteiger partial charge in [0.2, 0.25) is 0 Å². The highest BCUT2D eigenvalue weighted by atomic mass is 16.6. The van der Waals surface area contributed by atoms with Crippen molar-refractivity contribution in [3.8, 4) is 17.2 Å². The molecule has 8 nitrogen and oxygen atoms in total. The summed E-state index contributed by atoms with van der Waals surface area (Å²) in [5, 5.41) is 0. The summed E-state index contributed by atoms with van der Waals surface area (Å²) in [6, 6.07) is 15.4. The Labute approximate surface area is 211 Å². The summed E-state index contributed by atoms with van der Waals surface area (Å²) in [6.07, 6.45) is 8.02. The number of hydrogen-bond donors (Lipinski definition) is 1. The molecule has 2 saturated heterocycles. The quantitative estimate of drug-likeness (QED) is 0.482. The molecular weight excluding hydrogens is 454 g/mol. The van der Waals surface area contributed by atoms with Gasteiger partial charge in [-0.1, -0.05) is 12.1 Å². The Morgan fingerprint density at radius 1 is 1.06 bits per heavy atom. The molecule has 1 N–H and O–H groups in total. The van der Waals surface area contributed by atoms with Crippen LogP contribution in [0.25, 0.3) is 0 Å². The lowest BCUT2D eigenvalue weighted by molar-refractivity contribution is 0.116. The average molecular weight is 488 g/mol. The minimum absolute atomic E-state index is 0.339. The number of aromatic nitrogens is 2. The first-order chi connectivity index (χ1) is 17.6. The first-order valence-electron chi connectivity index (χ1n) is 13.1. The first kappa shape index (κ1) is 22.9. The van der Waals surface area contributed by atoms with E-state index in [1.165, 1.54) is 12.8 Å². The predicted molar refractivity (Wildman–Crippen MR) is 138 cm³/mol. The van der Waals surface area contributed by atoms with Crippen molar-refractivity contribution in [2.45, 2.75) is 64.2 Å². The lowest BCUT2D eigenvalue weighted by Gasteiger charge is -2.45. The Balaban J connectivity index is 1.28. The van der Waals surface area contributed by atoms with E-state index in [-0.39, 0.29) is 6.09 Å². The molecule has 4 heterocycles. The van der Waals surface area contributed by atoms with Gasteiger partial charge in [0.05, 0.1) is 17.9 Å². The maximum absolute atomic E-state index is 12.5. The van der Waals surface area contributed by atoms with E-state index in [1.54, 1.807) is 4.90 Å². The molecule has 2 aromatic carbocycles. The van der Waals surface area contributed by atoms with Crippen LogP contribution >= 0.6 is 0 Å². The molecule has 8 heteroatoms. The van der Waals surface area contributed by atoms with Crippen molar-refractivity contribution in [3.05, 3.63) is 60.7 Å². The van der Waals surface area contributed by atoms with Crippen LogP contribution in [0.15, 0.2) is 54.9 Å². The number of carbonyl (C=O) groups excluding carboxylic acids is 1. The largest absolute Gasteiger partial charge is 0.453 e. The Bertz CT molecular complexity index is 1210. The predicted octanol–water partition coefficient (Wildman–Crippen LogP) is 5.69. The van der Waals surface area contributed by atoms with Crippen LogP contribution in [-0.2, 0) is 6.54 Å². The number of imidazole rings is 1. The number of nitrogens with zero attached hydrogens (tertiary/aromatic N) is 4. The lowest BCUT2D eigenvalue weighted by atomic mass is 9.94. The second kappa shape index (κ2) is 9.50. The number of benzene rings is 2. The van der Waals surface area contributed by atoms with Gasteiger partial charge in [-0.3, -0.25) is 4.90 Å². The number of H-pyrrole nitrogens is 1. The minimum Gasteiger partial charge on any atom is -0.453 e. The van der Waals surface area contributed by atoms with Gasteiger partial charge >= 0.3 is 6.09 Å². The van der Waals surface area contributed by atoms with E-state index in [0.29, 0.717) is 37.0 Å². The van der Waals surface area contributed by atoms with E-state index < -0.39 is 0 Å². The van der Waals surface area contributed by atoms with Gasteiger partial charge in [-0.2, -0.15) is 0 Å². The zero-order valence-electron chi connectivity index (χ0n) is 20.9. The van der Waals surface area contributed by atoms with Crippen LogP contribution in [0.5, 0.6) is 17.2 Å². The molecule has 2 bridgehead atoms. The van der Waals surface area contributed by atoms with Gasteiger partial charge in [0, 0.05) is 49.7 Å². The monoisotopic (exact) mass is 487 g/mol. The number of hydrogen-bond acceptors (Lipinski definition) is 6. The molecule has 188 valence electrons. The van der Waals surface area contributed by atoms with Gasteiger partial charge in [0.1, 0.15) is 11.6 Å². The maximum atomic E-state index is 12.5. The molecule has 2 atom stereocenters. The molecule has 1 amide bonds. The summed E-state index contributed by atoms with van der Waals surface area (Å²) in [4.78, 5) is 27.0. The highest BCUT2D eigenvalue weighted by Crippen LogP contribution is 2.51. The zero-order chi connectivity index (χ0) is 24.6. The number of anilines is 2. The van der Waals surface area contributed by atoms with Gasteiger partial charge in [-0.05, 0) is 63.8 Å². The Morgan fingerprint density at radius 2 is 1.81 bits per heavy atom. The molecule has 0 radical (unpaired) electrons. The van der Waals surface area contributed by atoms with Crippen LogP contribution in [0.1, 0.15) is 45.4 Å². The maximum Gasteiger partial charge on any atom is 0.415 e. The molecule has 36 heavy (non-hydrogen) atoms. The Kier molecular flexibility index (Phi) is 6.05. The lowest BCUT2D eigenvalue weighted by Crippen LogP contribution is -2.49.